The van der Waals surface area contributed by atoms with Crippen molar-refractivity contribution in [2.45, 2.75) is 43.4 Å². The summed E-state index contributed by atoms with van der Waals surface area (Å²) >= 11 is 0. The highest BCUT2D eigenvalue weighted by molar-refractivity contribution is 7.57. The van der Waals surface area contributed by atoms with Crippen LogP contribution < -0.4 is 0 Å². The molecular weight excluding hydrogens is 291 g/mol. The van der Waals surface area contributed by atoms with Gasteiger partial charge in [0.2, 0.25) is 7.37 Å². The molecular formula is C19H23O2P. The molecule has 2 nitrogen and oxygen atoms in total. The summed E-state index contributed by atoms with van der Waals surface area (Å²) in [5, 5.41) is 0. The monoisotopic (exact) mass is 314 g/mol. The fraction of sp³-hybridized carbons (Fsp3) is 0.368. The quantitative estimate of drug-likeness (QED) is 0.789. The molecule has 1 fully saturated rings. The van der Waals surface area contributed by atoms with Gasteiger partial charge in [0.15, 0.2) is 0 Å². The molecule has 1 aliphatic rings. The van der Waals surface area contributed by atoms with Crippen LogP contribution >= 0.6 is 7.37 Å². The van der Waals surface area contributed by atoms with Crippen LogP contribution in [-0.2, 0) is 10.7 Å². The van der Waals surface area contributed by atoms with Crippen molar-refractivity contribution in [3.63, 3.8) is 0 Å². The van der Waals surface area contributed by atoms with Crippen LogP contribution in [0.3, 0.4) is 0 Å². The fourth-order valence-electron chi connectivity index (χ4n) is 3.51. The standard InChI is InChI=1S/C19H23O2P/c20-22(21,15-16-7-3-1-4-8-16)19-13-11-18(12-14-19)17-9-5-2-6-10-17/h1-10,18-19H,11-15H2,(H,20,21). The second kappa shape index (κ2) is 6.81. The number of benzene rings is 2. The van der Waals surface area contributed by atoms with Gasteiger partial charge in [0, 0.05) is 11.8 Å². The van der Waals surface area contributed by atoms with E-state index in [9.17, 15) is 9.46 Å². The van der Waals surface area contributed by atoms with Crippen molar-refractivity contribution >= 4 is 7.37 Å². The molecule has 1 aliphatic carbocycles. The number of hydrogen-bond donors (Lipinski definition) is 1. The topological polar surface area (TPSA) is 37.3 Å². The Morgan fingerprint density at radius 2 is 1.41 bits per heavy atom. The van der Waals surface area contributed by atoms with Crippen LogP contribution in [0, 0.1) is 0 Å². The molecule has 0 saturated heterocycles. The Bertz CT molecular complexity index is 631. The first-order valence-corrected chi connectivity index (χ1v) is 9.97. The van der Waals surface area contributed by atoms with Crippen molar-refractivity contribution in [3.05, 3.63) is 71.8 Å². The van der Waals surface area contributed by atoms with E-state index < -0.39 is 7.37 Å². The molecule has 0 bridgehead atoms. The van der Waals surface area contributed by atoms with E-state index in [-0.39, 0.29) is 5.66 Å². The molecule has 3 heteroatoms. The molecule has 2 aromatic carbocycles. The van der Waals surface area contributed by atoms with Gasteiger partial charge < -0.3 is 4.89 Å². The van der Waals surface area contributed by atoms with E-state index in [1.54, 1.807) is 0 Å². The molecule has 0 amide bonds. The molecule has 0 heterocycles. The van der Waals surface area contributed by atoms with Crippen LogP contribution in [0.5, 0.6) is 0 Å². The lowest BCUT2D eigenvalue weighted by molar-refractivity contribution is 0.397. The Hall–Kier alpha value is -1.37. The van der Waals surface area contributed by atoms with E-state index in [0.717, 1.165) is 31.2 Å². The molecule has 1 unspecified atom stereocenters. The van der Waals surface area contributed by atoms with E-state index in [1.807, 2.05) is 36.4 Å². The highest BCUT2D eigenvalue weighted by Crippen LogP contribution is 2.55. The van der Waals surface area contributed by atoms with Crippen molar-refractivity contribution in [1.82, 2.24) is 0 Å². The average molecular weight is 314 g/mol. The van der Waals surface area contributed by atoms with E-state index in [4.69, 9.17) is 0 Å². The number of rotatable bonds is 4. The highest BCUT2D eigenvalue weighted by Gasteiger charge is 2.34. The molecule has 1 saturated carbocycles. The molecule has 3 rings (SSSR count). The summed E-state index contributed by atoms with van der Waals surface area (Å²) in [6.45, 7) is 0. The maximum absolute atomic E-state index is 12.7. The first kappa shape index (κ1) is 15.5. The molecule has 2 aromatic rings. The highest BCUT2D eigenvalue weighted by atomic mass is 31.2. The first-order valence-electron chi connectivity index (χ1n) is 8.05. The van der Waals surface area contributed by atoms with Crippen LogP contribution in [0.4, 0.5) is 0 Å². The lowest BCUT2D eigenvalue weighted by Crippen LogP contribution is -2.19. The zero-order valence-electron chi connectivity index (χ0n) is 12.8. The molecule has 0 spiro atoms. The van der Waals surface area contributed by atoms with Crippen molar-refractivity contribution in [1.29, 1.82) is 0 Å². The lowest BCUT2D eigenvalue weighted by Gasteiger charge is -2.31. The van der Waals surface area contributed by atoms with Crippen LogP contribution in [0.15, 0.2) is 60.7 Å². The average Bonchev–Trinajstić information content (AvgIpc) is 2.56. The molecule has 1 N–H and O–H groups in total. The van der Waals surface area contributed by atoms with Crippen LogP contribution in [-0.4, -0.2) is 10.6 Å². The van der Waals surface area contributed by atoms with Crippen molar-refractivity contribution < 1.29 is 9.46 Å². The van der Waals surface area contributed by atoms with Gasteiger partial charge in [-0.2, -0.15) is 0 Å². The van der Waals surface area contributed by atoms with Gasteiger partial charge in [0.1, 0.15) is 0 Å². The van der Waals surface area contributed by atoms with Gasteiger partial charge in [-0.15, -0.1) is 0 Å². The molecule has 0 aromatic heterocycles. The van der Waals surface area contributed by atoms with Crippen molar-refractivity contribution in [3.8, 4) is 0 Å². The second-order valence-electron chi connectivity index (χ2n) is 6.32. The first-order chi connectivity index (χ1) is 10.6. The van der Waals surface area contributed by atoms with E-state index in [0.29, 0.717) is 12.1 Å². The lowest BCUT2D eigenvalue weighted by atomic mass is 9.84. The minimum Gasteiger partial charge on any atom is -0.344 e. The summed E-state index contributed by atoms with van der Waals surface area (Å²) in [4.78, 5) is 10.5. The summed E-state index contributed by atoms with van der Waals surface area (Å²) in [6, 6.07) is 20.2. The summed E-state index contributed by atoms with van der Waals surface area (Å²) in [6.07, 6.45) is 4.08. The Labute approximate surface area is 132 Å². The Balaban J connectivity index is 1.62. The maximum atomic E-state index is 12.7. The summed E-state index contributed by atoms with van der Waals surface area (Å²) in [7, 11) is -3.11. The van der Waals surface area contributed by atoms with Gasteiger partial charge in [-0.3, -0.25) is 4.57 Å². The SMILES string of the molecule is O=P(O)(Cc1ccccc1)C1CCC(c2ccccc2)CC1. The van der Waals surface area contributed by atoms with Gasteiger partial charge in [0.05, 0.1) is 0 Å². The molecule has 1 atom stereocenters. The number of hydrogen-bond acceptors (Lipinski definition) is 1. The van der Waals surface area contributed by atoms with E-state index in [2.05, 4.69) is 24.3 Å². The smallest absolute Gasteiger partial charge is 0.207 e. The van der Waals surface area contributed by atoms with Gasteiger partial charge in [-0.05, 0) is 42.7 Å². The van der Waals surface area contributed by atoms with Gasteiger partial charge >= 0.3 is 0 Å². The minimum absolute atomic E-state index is 0.0346. The third-order valence-electron chi connectivity index (χ3n) is 4.79. The zero-order valence-corrected chi connectivity index (χ0v) is 13.7. The second-order valence-corrected chi connectivity index (χ2v) is 8.87. The third kappa shape index (κ3) is 3.69. The zero-order chi connectivity index (χ0) is 15.4. The van der Waals surface area contributed by atoms with E-state index >= 15 is 0 Å². The summed E-state index contributed by atoms with van der Waals surface area (Å²) < 4.78 is 12.7. The largest absolute Gasteiger partial charge is 0.344 e. The summed E-state index contributed by atoms with van der Waals surface area (Å²) in [5.74, 6) is 0.550. The Kier molecular flexibility index (Phi) is 4.81. The molecule has 0 radical (unpaired) electrons. The van der Waals surface area contributed by atoms with Crippen molar-refractivity contribution in [2.24, 2.45) is 0 Å². The van der Waals surface area contributed by atoms with Gasteiger partial charge in [-0.25, -0.2) is 0 Å². The third-order valence-corrected chi connectivity index (χ3v) is 7.27. The minimum atomic E-state index is -3.11. The molecule has 116 valence electrons. The van der Waals surface area contributed by atoms with Gasteiger partial charge in [-0.1, -0.05) is 60.7 Å². The van der Waals surface area contributed by atoms with E-state index in [1.165, 1.54) is 5.56 Å². The predicted octanol–water partition coefficient (Wildman–Crippen LogP) is 5.18. The van der Waals surface area contributed by atoms with Crippen LogP contribution in [0.1, 0.15) is 42.7 Å². The van der Waals surface area contributed by atoms with Crippen molar-refractivity contribution in [2.75, 3.05) is 0 Å². The van der Waals surface area contributed by atoms with Crippen LogP contribution in [0.2, 0.25) is 0 Å². The maximum Gasteiger partial charge on any atom is 0.207 e. The summed E-state index contributed by atoms with van der Waals surface area (Å²) in [5.41, 5.74) is 2.31. The Morgan fingerprint density at radius 3 is 2.00 bits per heavy atom. The molecule has 0 aliphatic heterocycles. The van der Waals surface area contributed by atoms with Crippen LogP contribution in [0.25, 0.3) is 0 Å². The normalized spacial score (nSPS) is 24.6. The fourth-order valence-corrected chi connectivity index (χ4v) is 5.61. The predicted molar refractivity (Wildman–Crippen MR) is 91.4 cm³/mol. The Morgan fingerprint density at radius 1 is 0.864 bits per heavy atom. The molecule has 22 heavy (non-hydrogen) atoms. The van der Waals surface area contributed by atoms with Gasteiger partial charge in [0.25, 0.3) is 0 Å².